The minimum atomic E-state index is -2.24. The lowest BCUT2D eigenvalue weighted by molar-refractivity contribution is -0.402. The SMILES string of the molecule is CC(CCC(OC[C@@]1(C)OC(COC[C@@]2(C)OC(CO)[C@H](O)C(O)[C@H]2O)[C@H](O)C(O)[C@H]1O[C@@]1(C)OC(CO)[C@H](O)C(O)[C@H]1O)C(C)(C)O)C(C)C1CC(O)C2(C)C3CCC(OC[C@]4(C)CC(COC[C@]5(C)OC(CO)[C@@H](O)[C@@H](O)C5O)[C@@H](O)[C@@H](O)C4O)C(C)(C)C3=CCC2C1C. The van der Waals surface area contributed by atoms with Gasteiger partial charge in [0, 0.05) is 22.2 Å². The maximum absolute atomic E-state index is 12.6. The first kappa shape index (κ1) is 80.3. The van der Waals surface area contributed by atoms with Gasteiger partial charge in [0.05, 0.1) is 95.6 Å². The van der Waals surface area contributed by atoms with Gasteiger partial charge < -0.3 is 140 Å². The molecular weight excluding hydrogens is 1260 g/mol. The molecule has 4 saturated heterocycles. The van der Waals surface area contributed by atoms with Gasteiger partial charge in [0.1, 0.15) is 121 Å². The van der Waals surface area contributed by atoms with Crippen molar-refractivity contribution in [3.8, 4) is 0 Å². The van der Waals surface area contributed by atoms with Crippen molar-refractivity contribution in [2.75, 3.05) is 59.5 Å². The molecule has 28 heteroatoms. The van der Waals surface area contributed by atoms with Gasteiger partial charge in [0.25, 0.3) is 0 Å². The van der Waals surface area contributed by atoms with Crippen LogP contribution in [-0.2, 0) is 42.6 Å². The molecule has 0 spiro atoms. The van der Waals surface area contributed by atoms with E-state index in [1.807, 2.05) is 0 Å². The quantitative estimate of drug-likeness (QED) is 0.0406. The predicted octanol–water partition coefficient (Wildman–Crippen LogP) is -2.95. The van der Waals surface area contributed by atoms with Crippen LogP contribution in [0.2, 0.25) is 0 Å². The van der Waals surface area contributed by atoms with E-state index in [1.54, 1.807) is 20.8 Å². The van der Waals surface area contributed by atoms with Crippen molar-refractivity contribution < 1.29 is 140 Å². The van der Waals surface area contributed by atoms with Gasteiger partial charge >= 0.3 is 0 Å². The number of rotatable bonds is 25. The Morgan fingerprint density at radius 3 is 1.60 bits per heavy atom. The van der Waals surface area contributed by atoms with Gasteiger partial charge in [-0.25, -0.2) is 0 Å². The number of ether oxygens (including phenoxy) is 9. The molecule has 0 aromatic rings. The van der Waals surface area contributed by atoms with Gasteiger partial charge in [0.15, 0.2) is 5.79 Å². The summed E-state index contributed by atoms with van der Waals surface area (Å²) < 4.78 is 55.6. The summed E-state index contributed by atoms with van der Waals surface area (Å²) in [5, 5.41) is 208. The van der Waals surface area contributed by atoms with E-state index < -0.39 is 218 Å². The summed E-state index contributed by atoms with van der Waals surface area (Å²) in [6, 6.07) is 0. The van der Waals surface area contributed by atoms with E-state index in [9.17, 15) is 97.0 Å². The van der Waals surface area contributed by atoms with Crippen LogP contribution in [0.4, 0.5) is 0 Å². The molecule has 4 aliphatic carbocycles. The van der Waals surface area contributed by atoms with E-state index in [4.69, 9.17) is 42.6 Å². The van der Waals surface area contributed by atoms with Crippen molar-refractivity contribution in [1.29, 1.82) is 0 Å². The van der Waals surface area contributed by atoms with Gasteiger partial charge in [-0.3, -0.25) is 0 Å². The second-order valence-electron chi connectivity index (χ2n) is 32.7. The standard InChI is InChI=1S/C68H120O28/c1-31(14-18-45(62(6,7)87)91-30-66(11)60(96-68(13)59(86)54(81)49(76)41(24-71)95-68)55(82)50(77)42(94-66)26-89-29-65(10)58(85)53(80)48(75)40(23-70)93-65)32(2)35-20-43(72)67(12)36(33(35)3)15-16-37-38(67)17-19-44(61(37,4)5)90-27-63(8)21-34(46(73)51(78)56(63)83)25-88-28-64(9)57(84)52(79)47(74)39(22-69)92-64/h16,31-36,38-60,69-87H,14-15,17-30H2,1-13H3/t31?,32?,33?,34?,35?,36?,38?,39?,40?,41?,42?,43?,44?,45?,46-,47-,48+,49+,50+,51-,52-,53?,54?,55?,56?,57?,58-,59-,60-,63+,64+,65-,66-,67?,68-/m1/s1. The van der Waals surface area contributed by atoms with Gasteiger partial charge in [-0.1, -0.05) is 60.1 Å². The van der Waals surface area contributed by atoms with Crippen LogP contribution in [-0.4, -0.2) is 319 Å². The molecule has 20 unspecified atom stereocenters. The first-order valence-electron chi connectivity index (χ1n) is 34.7. The average molecular weight is 1390 g/mol. The molecule has 28 nitrogen and oxygen atoms in total. The second-order valence-corrected chi connectivity index (χ2v) is 32.7. The van der Waals surface area contributed by atoms with Crippen molar-refractivity contribution in [2.24, 2.45) is 57.7 Å². The molecule has 0 amide bonds. The summed E-state index contributed by atoms with van der Waals surface area (Å²) in [7, 11) is 0. The molecule has 8 rings (SSSR count). The van der Waals surface area contributed by atoms with E-state index in [0.717, 1.165) is 12.8 Å². The van der Waals surface area contributed by atoms with E-state index in [0.29, 0.717) is 25.7 Å². The molecule has 7 fully saturated rings. The first-order valence-corrected chi connectivity index (χ1v) is 34.7. The fourth-order valence-electron chi connectivity index (χ4n) is 18.0. The van der Waals surface area contributed by atoms with Crippen molar-refractivity contribution >= 4 is 0 Å². The van der Waals surface area contributed by atoms with Gasteiger partial charge in [0.2, 0.25) is 0 Å². The summed E-state index contributed by atoms with van der Waals surface area (Å²) in [4.78, 5) is 0. The summed E-state index contributed by atoms with van der Waals surface area (Å²) >= 11 is 0. The zero-order valence-electron chi connectivity index (χ0n) is 58.3. The zero-order valence-corrected chi connectivity index (χ0v) is 58.3. The molecule has 96 heavy (non-hydrogen) atoms. The second kappa shape index (κ2) is 30.4. The molecule has 0 aromatic carbocycles. The fraction of sp³-hybridized carbons (Fsp3) is 0.971. The normalized spacial score (nSPS) is 50.2. The summed E-state index contributed by atoms with van der Waals surface area (Å²) in [6.07, 6.45) is -25.9. The Balaban J connectivity index is 0.914. The molecule has 4 heterocycles. The predicted molar refractivity (Wildman–Crippen MR) is 339 cm³/mol. The molecule has 3 saturated carbocycles. The van der Waals surface area contributed by atoms with E-state index >= 15 is 0 Å². The molecule has 4 aliphatic heterocycles. The van der Waals surface area contributed by atoms with E-state index in [-0.39, 0.29) is 67.9 Å². The Bertz CT molecular complexity index is 2540. The Morgan fingerprint density at radius 2 is 1.06 bits per heavy atom. The molecule has 0 radical (unpaired) electrons. The lowest BCUT2D eigenvalue weighted by Gasteiger charge is -2.62. The summed E-state index contributed by atoms with van der Waals surface area (Å²) in [6.45, 7) is 19.9. The summed E-state index contributed by atoms with van der Waals surface area (Å²) in [5.74, 6) is -2.36. The van der Waals surface area contributed by atoms with Crippen molar-refractivity contribution in [3.63, 3.8) is 0 Å². The highest BCUT2D eigenvalue weighted by Gasteiger charge is 2.63. The van der Waals surface area contributed by atoms with Crippen LogP contribution in [0.25, 0.3) is 0 Å². The number of aliphatic hydroxyl groups excluding tert-OH is 18. The van der Waals surface area contributed by atoms with Crippen molar-refractivity contribution in [1.82, 2.24) is 0 Å². The third-order valence-electron chi connectivity index (χ3n) is 24.9. The van der Waals surface area contributed by atoms with E-state index in [1.165, 1.54) is 33.3 Å². The molecule has 35 atom stereocenters. The molecule has 0 aromatic heterocycles. The minimum absolute atomic E-state index is 0.0353. The summed E-state index contributed by atoms with van der Waals surface area (Å²) in [5.41, 5.74) is -7.30. The molecule has 19 N–H and O–H groups in total. The third kappa shape index (κ3) is 15.3. The fourth-order valence-corrected chi connectivity index (χ4v) is 18.0. The van der Waals surface area contributed by atoms with Crippen LogP contribution in [0, 0.1) is 57.7 Å². The molecule has 8 aliphatic rings. The van der Waals surface area contributed by atoms with Crippen LogP contribution in [0.3, 0.4) is 0 Å². The van der Waals surface area contributed by atoms with E-state index in [2.05, 4.69) is 47.6 Å². The van der Waals surface area contributed by atoms with Gasteiger partial charge in [-0.2, -0.15) is 0 Å². The topological polar surface area (TPSA) is 467 Å². The lowest BCUT2D eigenvalue weighted by Crippen LogP contribution is -2.72. The van der Waals surface area contributed by atoms with Gasteiger partial charge in [-0.05, 0) is 122 Å². The Kier molecular flexibility index (Phi) is 25.4. The van der Waals surface area contributed by atoms with Crippen molar-refractivity contribution in [2.45, 2.75) is 297 Å². The van der Waals surface area contributed by atoms with Crippen LogP contribution in [0.5, 0.6) is 0 Å². The largest absolute Gasteiger partial charge is 0.394 e. The molecule has 0 bridgehead atoms. The van der Waals surface area contributed by atoms with Crippen LogP contribution >= 0.6 is 0 Å². The highest BCUT2D eigenvalue weighted by atomic mass is 16.7. The highest BCUT2D eigenvalue weighted by Crippen LogP contribution is 2.64. The monoisotopic (exact) mass is 1380 g/mol. The third-order valence-corrected chi connectivity index (χ3v) is 24.9. The number of hydrogen-bond donors (Lipinski definition) is 19. The molecule has 560 valence electrons. The number of hydrogen-bond acceptors (Lipinski definition) is 28. The zero-order chi connectivity index (χ0) is 71.7. The highest BCUT2D eigenvalue weighted by molar-refractivity contribution is 5.29. The van der Waals surface area contributed by atoms with Crippen molar-refractivity contribution in [3.05, 3.63) is 11.6 Å². The smallest absolute Gasteiger partial charge is 0.195 e. The van der Waals surface area contributed by atoms with Crippen LogP contribution < -0.4 is 0 Å². The first-order chi connectivity index (χ1) is 44.5. The minimum Gasteiger partial charge on any atom is -0.394 e. The Hall–Kier alpha value is -1.38. The Labute approximate surface area is 564 Å². The average Bonchev–Trinajstić information content (AvgIpc) is 0.714. The van der Waals surface area contributed by atoms with Gasteiger partial charge in [-0.15, -0.1) is 0 Å². The number of allylic oxidation sites excluding steroid dienone is 1. The van der Waals surface area contributed by atoms with Crippen LogP contribution in [0.1, 0.15) is 135 Å². The molecular formula is C68H120O28. The van der Waals surface area contributed by atoms with Crippen LogP contribution in [0.15, 0.2) is 11.6 Å². The maximum Gasteiger partial charge on any atom is 0.195 e. The maximum atomic E-state index is 12.6. The number of fused-ring (bicyclic) bond motifs is 3. The Morgan fingerprint density at radius 1 is 0.562 bits per heavy atom. The lowest BCUT2D eigenvalue weighted by atomic mass is 9.44. The number of aliphatic hydroxyl groups is 19.